The smallest absolute Gasteiger partial charge is 0.331 e. The Bertz CT molecular complexity index is 911. The van der Waals surface area contributed by atoms with Crippen LogP contribution in [-0.4, -0.2) is 25.2 Å². The van der Waals surface area contributed by atoms with Crippen LogP contribution in [0.3, 0.4) is 0 Å². The number of hydrogen-bond acceptors (Lipinski definition) is 5. The Hall–Kier alpha value is -3.30. The number of para-hydroxylation sites is 1. The molecule has 5 nitrogen and oxygen atoms in total. The molecule has 0 bridgehead atoms. The third-order valence-electron chi connectivity index (χ3n) is 4.82. The first-order valence-electron chi connectivity index (χ1n) is 9.27. The van der Waals surface area contributed by atoms with Gasteiger partial charge in [-0.2, -0.15) is 0 Å². The fourth-order valence-corrected chi connectivity index (χ4v) is 3.70. The molecular weight excluding hydrogens is 354 g/mol. The molecule has 3 rings (SSSR count). The van der Waals surface area contributed by atoms with Gasteiger partial charge in [-0.05, 0) is 37.1 Å². The van der Waals surface area contributed by atoms with Gasteiger partial charge < -0.3 is 14.8 Å². The van der Waals surface area contributed by atoms with Crippen molar-refractivity contribution in [3.05, 3.63) is 78.0 Å². The molecule has 1 unspecified atom stereocenters. The summed E-state index contributed by atoms with van der Waals surface area (Å²) in [7, 11) is 0. The highest BCUT2D eigenvalue weighted by molar-refractivity contribution is 6.15. The first kappa shape index (κ1) is 19.5. The molecule has 2 aromatic carbocycles. The molecular formula is C23H23NO4. The van der Waals surface area contributed by atoms with Crippen LogP contribution in [0, 0.1) is 5.41 Å². The molecule has 0 amide bonds. The number of ether oxygens (including phenoxy) is 2. The van der Waals surface area contributed by atoms with Crippen LogP contribution in [0.15, 0.2) is 66.9 Å². The number of anilines is 1. The van der Waals surface area contributed by atoms with E-state index in [9.17, 15) is 9.59 Å². The van der Waals surface area contributed by atoms with Gasteiger partial charge >= 0.3 is 11.9 Å². The molecule has 0 saturated carbocycles. The van der Waals surface area contributed by atoms with Crippen LogP contribution in [0.1, 0.15) is 31.0 Å². The van der Waals surface area contributed by atoms with Crippen LogP contribution < -0.4 is 5.32 Å². The second kappa shape index (κ2) is 8.15. The molecule has 1 aliphatic carbocycles. The number of esters is 2. The van der Waals surface area contributed by atoms with Gasteiger partial charge in [0.05, 0.1) is 19.3 Å². The van der Waals surface area contributed by atoms with Crippen LogP contribution in [0.25, 0.3) is 5.57 Å². The number of hydrogen-bond donors (Lipinski definition) is 1. The molecule has 28 heavy (non-hydrogen) atoms. The Morgan fingerprint density at radius 3 is 2.14 bits per heavy atom. The summed E-state index contributed by atoms with van der Waals surface area (Å²) in [6, 6.07) is 16.1. The summed E-state index contributed by atoms with van der Waals surface area (Å²) in [5.74, 6) is -1.35. The lowest BCUT2D eigenvalue weighted by Crippen LogP contribution is -2.47. The lowest BCUT2D eigenvalue weighted by molar-refractivity contribution is -0.167. The van der Waals surface area contributed by atoms with Crippen molar-refractivity contribution in [2.24, 2.45) is 5.41 Å². The topological polar surface area (TPSA) is 64.6 Å². The molecule has 1 aliphatic rings. The Morgan fingerprint density at radius 1 is 1.00 bits per heavy atom. The van der Waals surface area contributed by atoms with Crippen molar-refractivity contribution in [1.29, 1.82) is 0 Å². The third kappa shape index (κ3) is 3.00. The zero-order valence-electron chi connectivity index (χ0n) is 16.0. The average Bonchev–Trinajstić information content (AvgIpc) is 2.99. The standard InChI is InChI=1S/C23H23NO4/c1-4-19-17-14-10-11-15-18(17)20(24-16-12-8-7-9-13-16)23(19,21(25)27-5-2)22(26)28-6-3/h7-15,20,24H,1,5-6H2,2-3H3. The van der Waals surface area contributed by atoms with E-state index in [2.05, 4.69) is 17.6 Å². The maximum absolute atomic E-state index is 13.3. The van der Waals surface area contributed by atoms with Crippen molar-refractivity contribution in [3.8, 4) is 0 Å². The molecule has 1 N–H and O–H groups in total. The summed E-state index contributed by atoms with van der Waals surface area (Å²) in [6.45, 7) is 7.44. The predicted molar refractivity (Wildman–Crippen MR) is 107 cm³/mol. The third-order valence-corrected chi connectivity index (χ3v) is 4.82. The van der Waals surface area contributed by atoms with Crippen molar-refractivity contribution < 1.29 is 19.1 Å². The number of benzene rings is 2. The first-order valence-corrected chi connectivity index (χ1v) is 9.27. The van der Waals surface area contributed by atoms with Gasteiger partial charge in [0, 0.05) is 11.3 Å². The van der Waals surface area contributed by atoms with Crippen molar-refractivity contribution >= 4 is 23.2 Å². The number of fused-ring (bicyclic) bond motifs is 1. The SMILES string of the molecule is C=C=C1c2ccccc2C(Nc2ccccc2)C1(C(=O)OCC)C(=O)OCC. The lowest BCUT2D eigenvalue weighted by Gasteiger charge is -2.32. The van der Waals surface area contributed by atoms with E-state index in [-0.39, 0.29) is 13.2 Å². The largest absolute Gasteiger partial charge is 0.465 e. The monoisotopic (exact) mass is 377 g/mol. The second-order valence-electron chi connectivity index (χ2n) is 6.33. The summed E-state index contributed by atoms with van der Waals surface area (Å²) < 4.78 is 10.7. The Morgan fingerprint density at radius 2 is 1.57 bits per heavy atom. The molecule has 144 valence electrons. The molecule has 1 atom stereocenters. The highest BCUT2D eigenvalue weighted by atomic mass is 16.6. The summed E-state index contributed by atoms with van der Waals surface area (Å²) >= 11 is 0. The van der Waals surface area contributed by atoms with E-state index < -0.39 is 23.4 Å². The maximum atomic E-state index is 13.3. The van der Waals surface area contributed by atoms with E-state index in [1.165, 1.54) is 0 Å². The first-order chi connectivity index (χ1) is 13.6. The van der Waals surface area contributed by atoms with Crippen molar-refractivity contribution in [3.63, 3.8) is 0 Å². The van der Waals surface area contributed by atoms with E-state index in [0.29, 0.717) is 5.57 Å². The zero-order chi connectivity index (χ0) is 20.1. The summed E-state index contributed by atoms with van der Waals surface area (Å²) in [5, 5.41) is 3.34. The van der Waals surface area contributed by atoms with Gasteiger partial charge in [-0.3, -0.25) is 9.59 Å². The van der Waals surface area contributed by atoms with Gasteiger partial charge in [0.25, 0.3) is 0 Å². The summed E-state index contributed by atoms with van der Waals surface area (Å²) in [6.07, 6.45) is 0. The van der Waals surface area contributed by atoms with Gasteiger partial charge in [-0.1, -0.05) is 49.0 Å². The maximum Gasteiger partial charge on any atom is 0.331 e. The molecule has 0 aromatic heterocycles. The van der Waals surface area contributed by atoms with E-state index in [1.54, 1.807) is 13.8 Å². The Labute approximate surface area is 164 Å². The van der Waals surface area contributed by atoms with Gasteiger partial charge in [0.15, 0.2) is 0 Å². The fraction of sp³-hybridized carbons (Fsp3) is 0.261. The van der Waals surface area contributed by atoms with E-state index in [4.69, 9.17) is 9.47 Å². The molecule has 0 radical (unpaired) electrons. The van der Waals surface area contributed by atoms with Crippen LogP contribution in [0.2, 0.25) is 0 Å². The van der Waals surface area contributed by atoms with E-state index in [1.807, 2.05) is 54.6 Å². The van der Waals surface area contributed by atoms with Crippen LogP contribution in [0.4, 0.5) is 5.69 Å². The minimum absolute atomic E-state index is 0.138. The second-order valence-corrected chi connectivity index (χ2v) is 6.33. The van der Waals surface area contributed by atoms with Gasteiger partial charge in [-0.15, -0.1) is 5.73 Å². The molecule has 0 aliphatic heterocycles. The predicted octanol–water partition coefficient (Wildman–Crippen LogP) is 4.13. The van der Waals surface area contributed by atoms with Crippen LogP contribution >= 0.6 is 0 Å². The minimum atomic E-state index is -1.73. The fourth-order valence-electron chi connectivity index (χ4n) is 3.70. The van der Waals surface area contributed by atoms with Gasteiger partial charge in [-0.25, -0.2) is 0 Å². The highest BCUT2D eigenvalue weighted by Crippen LogP contribution is 2.56. The van der Waals surface area contributed by atoms with Gasteiger partial charge in [0.1, 0.15) is 0 Å². The molecule has 2 aromatic rings. The molecule has 5 heteroatoms. The quantitative estimate of drug-likeness (QED) is 0.466. The molecule has 0 spiro atoms. The highest BCUT2D eigenvalue weighted by Gasteiger charge is 2.63. The number of nitrogens with one attached hydrogen (secondary N) is 1. The summed E-state index contributed by atoms with van der Waals surface area (Å²) in [5.41, 5.74) is 3.76. The van der Waals surface area contributed by atoms with Crippen LogP contribution in [0.5, 0.6) is 0 Å². The Balaban J connectivity index is 2.26. The van der Waals surface area contributed by atoms with Crippen molar-refractivity contribution in [2.75, 3.05) is 18.5 Å². The zero-order valence-corrected chi connectivity index (χ0v) is 16.0. The number of rotatable bonds is 6. The van der Waals surface area contributed by atoms with Gasteiger partial charge in [0.2, 0.25) is 5.41 Å². The van der Waals surface area contributed by atoms with E-state index in [0.717, 1.165) is 16.8 Å². The van der Waals surface area contributed by atoms with Crippen molar-refractivity contribution in [1.82, 2.24) is 0 Å². The molecule has 0 saturated heterocycles. The molecule has 0 fully saturated rings. The molecule has 0 heterocycles. The number of carbonyl (C=O) groups is 2. The minimum Gasteiger partial charge on any atom is -0.465 e. The average molecular weight is 377 g/mol. The normalized spacial score (nSPS) is 16.6. The lowest BCUT2D eigenvalue weighted by atomic mass is 9.77. The van der Waals surface area contributed by atoms with Crippen molar-refractivity contribution in [2.45, 2.75) is 19.9 Å². The Kier molecular flexibility index (Phi) is 5.67. The van der Waals surface area contributed by atoms with E-state index >= 15 is 0 Å². The summed E-state index contributed by atoms with van der Waals surface area (Å²) in [4.78, 5) is 26.5. The number of carbonyl (C=O) groups excluding carboxylic acids is 2. The van der Waals surface area contributed by atoms with Crippen LogP contribution in [-0.2, 0) is 19.1 Å².